The van der Waals surface area contributed by atoms with Crippen molar-refractivity contribution in [3.8, 4) is 5.75 Å². The van der Waals surface area contributed by atoms with E-state index in [1.165, 1.54) is 24.4 Å². The van der Waals surface area contributed by atoms with Crippen LogP contribution in [-0.4, -0.2) is 65.8 Å². The second-order valence-corrected chi connectivity index (χ2v) is 10.3. The lowest BCUT2D eigenvalue weighted by Crippen LogP contribution is -2.36. The number of aryl methyl sites for hydroxylation is 1. The summed E-state index contributed by atoms with van der Waals surface area (Å²) in [5.41, 5.74) is 3.24. The van der Waals surface area contributed by atoms with E-state index in [4.69, 9.17) is 9.47 Å². The van der Waals surface area contributed by atoms with E-state index in [-0.39, 0.29) is 17.8 Å². The van der Waals surface area contributed by atoms with Crippen molar-refractivity contribution < 1.29 is 19.1 Å². The minimum atomic E-state index is -0.0975. The van der Waals surface area contributed by atoms with Crippen molar-refractivity contribution in [3.05, 3.63) is 40.4 Å². The predicted octanol–water partition coefficient (Wildman–Crippen LogP) is 3.35. The molecule has 2 aromatic rings. The Balaban J connectivity index is 1.35. The number of benzene rings is 1. The first-order chi connectivity index (χ1) is 15.5. The molecule has 0 atom stereocenters. The van der Waals surface area contributed by atoms with Crippen LogP contribution in [0.3, 0.4) is 0 Å². The molecule has 1 amide bonds. The van der Waals surface area contributed by atoms with Crippen LogP contribution in [0.1, 0.15) is 29.7 Å². The Labute approximate surface area is 197 Å². The van der Waals surface area contributed by atoms with Crippen molar-refractivity contribution in [1.82, 2.24) is 14.8 Å². The number of thioether (sulfide) groups is 1. The fraction of sp³-hybridized carbons (Fsp3) is 0.522. The Morgan fingerprint density at radius 3 is 2.81 bits per heavy atom. The molecule has 4 rings (SSSR count). The molecule has 1 aromatic heterocycles. The zero-order chi connectivity index (χ0) is 22.5. The molecule has 0 radical (unpaired) electrons. The molecule has 1 aromatic carbocycles. The lowest BCUT2D eigenvalue weighted by atomic mass is 9.96. The molecule has 3 heterocycles. The number of rotatable bonds is 6. The van der Waals surface area contributed by atoms with Crippen LogP contribution in [0.4, 0.5) is 0 Å². The number of esters is 1. The number of fused-ring (bicyclic) bond motifs is 1. The van der Waals surface area contributed by atoms with Crippen LogP contribution in [0.5, 0.6) is 5.75 Å². The summed E-state index contributed by atoms with van der Waals surface area (Å²) >= 11 is 3.08. The van der Waals surface area contributed by atoms with Crippen LogP contribution in [0.15, 0.2) is 27.9 Å². The molecule has 9 heteroatoms. The lowest BCUT2D eigenvalue weighted by molar-refractivity contribution is -0.147. The number of carbonyl (C=O) groups is 2. The molecule has 1 saturated heterocycles. The number of methoxy groups -OCH3 is 1. The van der Waals surface area contributed by atoms with Crippen LogP contribution in [0.2, 0.25) is 0 Å². The highest BCUT2D eigenvalue weighted by molar-refractivity contribution is 8.01. The van der Waals surface area contributed by atoms with Gasteiger partial charge in [0.1, 0.15) is 12.4 Å². The van der Waals surface area contributed by atoms with Crippen LogP contribution >= 0.6 is 23.1 Å². The maximum Gasteiger partial charge on any atom is 0.308 e. The van der Waals surface area contributed by atoms with Gasteiger partial charge in [-0.2, -0.15) is 0 Å². The molecule has 32 heavy (non-hydrogen) atoms. The van der Waals surface area contributed by atoms with E-state index < -0.39 is 0 Å². The topological polar surface area (TPSA) is 72.0 Å². The van der Waals surface area contributed by atoms with E-state index in [9.17, 15) is 9.59 Å². The molecular formula is C23H29N3O4S2. The number of ether oxygens (including phenoxy) is 2. The van der Waals surface area contributed by atoms with Gasteiger partial charge in [0.05, 0.1) is 25.3 Å². The lowest BCUT2D eigenvalue weighted by Gasteiger charge is -2.30. The van der Waals surface area contributed by atoms with Gasteiger partial charge < -0.3 is 14.4 Å². The average molecular weight is 476 g/mol. The fourth-order valence-corrected chi connectivity index (χ4v) is 5.88. The maximum absolute atomic E-state index is 12.8. The van der Waals surface area contributed by atoms with Gasteiger partial charge in [-0.05, 0) is 50.6 Å². The summed E-state index contributed by atoms with van der Waals surface area (Å²) in [6.07, 6.45) is 1.67. The summed E-state index contributed by atoms with van der Waals surface area (Å²) in [7, 11) is 1.46. The molecule has 0 saturated carbocycles. The molecule has 172 valence electrons. The highest BCUT2D eigenvalue weighted by Gasteiger charge is 2.26. The molecular weight excluding hydrogens is 446 g/mol. The molecule has 0 unspecified atom stereocenters. The molecule has 2 aliphatic rings. The largest absolute Gasteiger partial charge is 0.491 e. The third-order valence-electron chi connectivity index (χ3n) is 5.90. The monoisotopic (exact) mass is 475 g/mol. The fourth-order valence-electron chi connectivity index (χ4n) is 4.12. The van der Waals surface area contributed by atoms with Crippen molar-refractivity contribution in [2.24, 2.45) is 5.92 Å². The van der Waals surface area contributed by atoms with E-state index in [0.717, 1.165) is 53.8 Å². The molecule has 0 N–H and O–H groups in total. The van der Waals surface area contributed by atoms with Gasteiger partial charge in [-0.3, -0.25) is 14.5 Å². The van der Waals surface area contributed by atoms with E-state index in [1.807, 2.05) is 23.3 Å². The van der Waals surface area contributed by atoms with Gasteiger partial charge in [-0.1, -0.05) is 17.8 Å². The highest BCUT2D eigenvalue weighted by atomic mass is 32.2. The first kappa shape index (κ1) is 23.1. The van der Waals surface area contributed by atoms with Gasteiger partial charge in [0.25, 0.3) is 0 Å². The average Bonchev–Trinajstić information content (AvgIpc) is 3.10. The number of piperidine rings is 1. The molecule has 0 aliphatic carbocycles. The Hall–Kier alpha value is -2.10. The van der Waals surface area contributed by atoms with E-state index in [2.05, 4.69) is 22.0 Å². The quantitative estimate of drug-likeness (QED) is 0.469. The van der Waals surface area contributed by atoms with Crippen LogP contribution in [-0.2, 0) is 27.4 Å². The predicted molar refractivity (Wildman–Crippen MR) is 125 cm³/mol. The highest BCUT2D eigenvalue weighted by Crippen LogP contribution is 2.28. The Bertz CT molecular complexity index is 956. The Kier molecular flexibility index (Phi) is 7.70. The van der Waals surface area contributed by atoms with Gasteiger partial charge >= 0.3 is 5.97 Å². The number of aromatic nitrogens is 1. The van der Waals surface area contributed by atoms with Gasteiger partial charge in [0, 0.05) is 29.7 Å². The standard InChI is InChI=1S/C23H29N3O4S2/c1-16-14-31-23(24-16)32-15-21(27)26-9-10-30-20-4-3-17(11-19(20)13-26)12-25-7-5-18(6-8-25)22(28)29-2/h3-4,11,14,18H,5-10,12-13,15H2,1-2H3. The number of thiazole rings is 1. The van der Waals surface area contributed by atoms with Crippen molar-refractivity contribution in [2.75, 3.05) is 39.1 Å². The molecule has 0 bridgehead atoms. The minimum Gasteiger partial charge on any atom is -0.491 e. The normalized spacial score (nSPS) is 17.4. The van der Waals surface area contributed by atoms with E-state index in [1.54, 1.807) is 11.3 Å². The van der Waals surface area contributed by atoms with Gasteiger partial charge in [0.15, 0.2) is 4.34 Å². The van der Waals surface area contributed by atoms with Crippen LogP contribution in [0.25, 0.3) is 0 Å². The number of hydrogen-bond donors (Lipinski definition) is 0. The minimum absolute atomic E-state index is 0.0161. The zero-order valence-electron chi connectivity index (χ0n) is 18.5. The second kappa shape index (κ2) is 10.7. The summed E-state index contributed by atoms with van der Waals surface area (Å²) in [5, 5.41) is 2.00. The van der Waals surface area contributed by atoms with Crippen molar-refractivity contribution >= 4 is 35.0 Å². The summed E-state index contributed by atoms with van der Waals surface area (Å²) in [6, 6.07) is 6.28. The first-order valence-electron chi connectivity index (χ1n) is 10.9. The smallest absolute Gasteiger partial charge is 0.308 e. The number of amides is 1. The van der Waals surface area contributed by atoms with Crippen molar-refractivity contribution in [2.45, 2.75) is 37.2 Å². The van der Waals surface area contributed by atoms with Crippen LogP contribution < -0.4 is 4.74 Å². The van der Waals surface area contributed by atoms with Crippen LogP contribution in [0, 0.1) is 12.8 Å². The zero-order valence-corrected chi connectivity index (χ0v) is 20.2. The van der Waals surface area contributed by atoms with E-state index in [0.29, 0.717) is 25.4 Å². The third kappa shape index (κ3) is 5.82. The first-order valence-corrected chi connectivity index (χ1v) is 12.8. The van der Waals surface area contributed by atoms with E-state index >= 15 is 0 Å². The van der Waals surface area contributed by atoms with Gasteiger partial charge in [0.2, 0.25) is 5.91 Å². The Morgan fingerprint density at radius 2 is 2.09 bits per heavy atom. The number of carbonyl (C=O) groups excluding carboxylic acids is 2. The van der Waals surface area contributed by atoms with Crippen molar-refractivity contribution in [1.29, 1.82) is 0 Å². The van der Waals surface area contributed by atoms with Gasteiger partial charge in [-0.15, -0.1) is 11.3 Å². The number of likely N-dealkylation sites (tertiary alicyclic amines) is 1. The summed E-state index contributed by atoms with van der Waals surface area (Å²) in [4.78, 5) is 33.3. The summed E-state index contributed by atoms with van der Waals surface area (Å²) in [6.45, 7) is 6.20. The number of nitrogens with zero attached hydrogens (tertiary/aromatic N) is 3. The maximum atomic E-state index is 12.8. The summed E-state index contributed by atoms with van der Waals surface area (Å²) < 4.78 is 11.7. The second-order valence-electron chi connectivity index (χ2n) is 8.22. The molecule has 2 aliphatic heterocycles. The van der Waals surface area contributed by atoms with Gasteiger partial charge in [-0.25, -0.2) is 4.98 Å². The molecule has 7 nitrogen and oxygen atoms in total. The van der Waals surface area contributed by atoms with Crippen molar-refractivity contribution in [3.63, 3.8) is 0 Å². The molecule has 0 spiro atoms. The molecule has 1 fully saturated rings. The number of hydrogen-bond acceptors (Lipinski definition) is 8. The Morgan fingerprint density at radius 1 is 1.28 bits per heavy atom. The SMILES string of the molecule is COC(=O)C1CCN(Cc2ccc3c(c2)CN(C(=O)CSc2nc(C)cs2)CCO3)CC1. The third-order valence-corrected chi connectivity index (χ3v) is 8.03. The summed E-state index contributed by atoms with van der Waals surface area (Å²) in [5.74, 6) is 1.27.